The van der Waals surface area contributed by atoms with Gasteiger partial charge in [-0.3, -0.25) is 0 Å². The average Bonchev–Trinajstić information content (AvgIpc) is 1.86. The maximum absolute atomic E-state index is 10.4. The Bertz CT molecular complexity index is 359. The first-order chi connectivity index (χ1) is 5.00. The molecule has 0 amide bonds. The number of aryl methyl sites for hydroxylation is 1. The molecule has 0 bridgehead atoms. The molecule has 0 heterocycles. The molecule has 0 spiro atoms. The molecule has 0 aliphatic rings. The van der Waals surface area contributed by atoms with Gasteiger partial charge in [-0.2, -0.15) is 0 Å². The number of hydrogen-bond donors (Lipinski definition) is 0. The van der Waals surface area contributed by atoms with E-state index in [9.17, 15) is 13.0 Å². The van der Waals surface area contributed by atoms with Gasteiger partial charge in [-0.25, -0.2) is 8.42 Å². The van der Waals surface area contributed by atoms with Crippen LogP contribution in [0.25, 0.3) is 0 Å². The zero-order chi connectivity index (χ0) is 8.48. The molecule has 1 rings (SSSR count). The van der Waals surface area contributed by atoms with Crippen LogP contribution in [-0.4, -0.2) is 13.0 Å². The van der Waals surface area contributed by atoms with Crippen LogP contribution in [0.4, 0.5) is 0 Å². The Balaban J connectivity index is 0.00000121. The molecule has 0 N–H and O–H groups in total. The topological polar surface area (TPSA) is 57.2 Å². The first-order valence-corrected chi connectivity index (χ1v) is 4.43. The van der Waals surface area contributed by atoms with Gasteiger partial charge >= 0.3 is 58.2 Å². The molecule has 0 unspecified atom stereocenters. The summed E-state index contributed by atoms with van der Waals surface area (Å²) in [4.78, 5) is -0.169. The van der Waals surface area contributed by atoms with Crippen molar-refractivity contribution in [1.82, 2.24) is 0 Å². The molecule has 12 heavy (non-hydrogen) atoms. The number of hydrogen-bond acceptors (Lipinski definition) is 3. The van der Waals surface area contributed by atoms with E-state index in [4.69, 9.17) is 0 Å². The van der Waals surface area contributed by atoms with Gasteiger partial charge in [0.2, 0.25) is 0 Å². The monoisotopic (exact) mass is 256 g/mol. The van der Waals surface area contributed by atoms with Gasteiger partial charge in [0.1, 0.15) is 10.1 Å². The molecule has 60 valence electrons. The molecular formula is C7H7O3RbS. The number of benzene rings is 1. The Hall–Kier alpha value is 0.935. The molecule has 0 saturated heterocycles. The van der Waals surface area contributed by atoms with Gasteiger partial charge in [-0.15, -0.1) is 0 Å². The minimum Gasteiger partial charge on any atom is -0.744 e. The van der Waals surface area contributed by atoms with Crippen molar-refractivity contribution in [3.63, 3.8) is 0 Å². The second kappa shape index (κ2) is 4.98. The zero-order valence-electron chi connectivity index (χ0n) is 6.94. The summed E-state index contributed by atoms with van der Waals surface area (Å²) >= 11 is 0. The average molecular weight is 257 g/mol. The van der Waals surface area contributed by atoms with Crippen LogP contribution in [0.3, 0.4) is 0 Å². The van der Waals surface area contributed by atoms with Crippen molar-refractivity contribution >= 4 is 10.1 Å². The molecule has 3 nitrogen and oxygen atoms in total. The van der Waals surface area contributed by atoms with E-state index >= 15 is 0 Å². The molecular weight excluding hydrogens is 250 g/mol. The van der Waals surface area contributed by atoms with Crippen molar-refractivity contribution < 1.29 is 71.2 Å². The van der Waals surface area contributed by atoms with Gasteiger partial charge in [-0.1, -0.05) is 12.1 Å². The summed E-state index contributed by atoms with van der Waals surface area (Å²) in [6.45, 7) is 1.73. The molecule has 5 heteroatoms. The molecule has 0 atom stereocenters. The van der Waals surface area contributed by atoms with E-state index in [0.29, 0.717) is 0 Å². The molecule has 0 aliphatic heterocycles. The minimum atomic E-state index is -4.28. The largest absolute Gasteiger partial charge is 1.00 e. The number of rotatable bonds is 1. The van der Waals surface area contributed by atoms with Crippen LogP contribution >= 0.6 is 0 Å². The fraction of sp³-hybridized carbons (Fsp3) is 0.143. The SMILES string of the molecule is Cc1cccc(S(=O)(=O)[O-])c1.[Rb+]. The fourth-order valence-corrected chi connectivity index (χ4v) is 1.35. The third-order valence-corrected chi connectivity index (χ3v) is 2.11. The van der Waals surface area contributed by atoms with E-state index in [1.807, 2.05) is 0 Å². The Labute approximate surface area is 121 Å². The molecule has 0 aromatic heterocycles. The Morgan fingerprint density at radius 3 is 2.25 bits per heavy atom. The predicted molar refractivity (Wildman–Crippen MR) is 39.1 cm³/mol. The normalized spacial score (nSPS) is 10.5. The van der Waals surface area contributed by atoms with Crippen molar-refractivity contribution in [1.29, 1.82) is 0 Å². The summed E-state index contributed by atoms with van der Waals surface area (Å²) in [7, 11) is -4.28. The van der Waals surface area contributed by atoms with Crippen molar-refractivity contribution in [3.8, 4) is 0 Å². The maximum atomic E-state index is 10.4. The first kappa shape index (κ1) is 12.9. The Morgan fingerprint density at radius 1 is 1.33 bits per heavy atom. The van der Waals surface area contributed by atoms with Gasteiger partial charge in [0.15, 0.2) is 0 Å². The maximum Gasteiger partial charge on any atom is 1.00 e. The standard InChI is InChI=1S/C7H8O3S.Rb/c1-6-3-2-4-7(5-6)11(8,9)10;/h2-5H,1H3,(H,8,9,10);/q;+1/p-1. The zero-order valence-corrected chi connectivity index (χ0v) is 12.7. The molecule has 1 aromatic rings. The summed E-state index contributed by atoms with van der Waals surface area (Å²) in [6.07, 6.45) is 0. The Kier molecular flexibility index (Phi) is 5.36. The minimum absolute atomic E-state index is 0. The van der Waals surface area contributed by atoms with E-state index in [0.717, 1.165) is 5.56 Å². The van der Waals surface area contributed by atoms with Crippen LogP contribution in [0.15, 0.2) is 29.2 Å². The van der Waals surface area contributed by atoms with Crippen LogP contribution in [-0.2, 0) is 10.1 Å². The molecule has 0 saturated carbocycles. The second-order valence-electron chi connectivity index (χ2n) is 2.27. The van der Waals surface area contributed by atoms with Crippen molar-refractivity contribution in [2.24, 2.45) is 0 Å². The van der Waals surface area contributed by atoms with Gasteiger partial charge in [-0.05, 0) is 24.6 Å². The third kappa shape index (κ3) is 3.76. The van der Waals surface area contributed by atoms with Crippen molar-refractivity contribution in [3.05, 3.63) is 29.8 Å². The van der Waals surface area contributed by atoms with Crippen molar-refractivity contribution in [2.75, 3.05) is 0 Å². The van der Waals surface area contributed by atoms with Crippen LogP contribution in [0.1, 0.15) is 5.56 Å². The van der Waals surface area contributed by atoms with Gasteiger partial charge in [0, 0.05) is 0 Å². The molecule has 0 fully saturated rings. The predicted octanol–water partition coefficient (Wildman–Crippen LogP) is -2.10. The third-order valence-electron chi connectivity index (χ3n) is 1.28. The van der Waals surface area contributed by atoms with Crippen LogP contribution < -0.4 is 58.2 Å². The van der Waals surface area contributed by atoms with Gasteiger partial charge in [0.05, 0.1) is 4.90 Å². The fourth-order valence-electron chi connectivity index (χ4n) is 0.771. The van der Waals surface area contributed by atoms with E-state index in [-0.39, 0.29) is 63.1 Å². The summed E-state index contributed by atoms with van der Waals surface area (Å²) in [5.74, 6) is 0. The van der Waals surface area contributed by atoms with Crippen LogP contribution in [0.2, 0.25) is 0 Å². The molecule has 0 radical (unpaired) electrons. The Morgan fingerprint density at radius 2 is 1.92 bits per heavy atom. The van der Waals surface area contributed by atoms with Gasteiger partial charge < -0.3 is 4.55 Å². The van der Waals surface area contributed by atoms with E-state index < -0.39 is 10.1 Å². The summed E-state index contributed by atoms with van der Waals surface area (Å²) in [6, 6.07) is 5.91. The quantitative estimate of drug-likeness (QED) is 0.541. The van der Waals surface area contributed by atoms with E-state index in [1.165, 1.54) is 12.1 Å². The molecule has 1 aromatic carbocycles. The van der Waals surface area contributed by atoms with Crippen LogP contribution in [0.5, 0.6) is 0 Å². The smallest absolute Gasteiger partial charge is 0.744 e. The molecule has 0 aliphatic carbocycles. The van der Waals surface area contributed by atoms with Gasteiger partial charge in [0.25, 0.3) is 0 Å². The summed E-state index contributed by atoms with van der Waals surface area (Å²) < 4.78 is 31.3. The summed E-state index contributed by atoms with van der Waals surface area (Å²) in [5.41, 5.74) is 0.766. The van der Waals surface area contributed by atoms with E-state index in [2.05, 4.69) is 0 Å². The first-order valence-electron chi connectivity index (χ1n) is 3.03. The van der Waals surface area contributed by atoms with Crippen LogP contribution in [0, 0.1) is 6.92 Å². The van der Waals surface area contributed by atoms with E-state index in [1.54, 1.807) is 19.1 Å². The summed E-state index contributed by atoms with van der Waals surface area (Å²) in [5, 5.41) is 0. The van der Waals surface area contributed by atoms with Crippen molar-refractivity contribution in [2.45, 2.75) is 11.8 Å². The second-order valence-corrected chi connectivity index (χ2v) is 3.65.